The maximum Gasteiger partial charge on any atom is 0.364 e. The molecule has 0 aliphatic rings. The molecule has 0 aromatic carbocycles. The molecule has 0 N–H and O–H groups in total. The molecule has 0 aliphatic heterocycles. The Labute approximate surface area is 132 Å². The molecule has 0 amide bonds. The van der Waals surface area contributed by atoms with Gasteiger partial charge >= 0.3 is 5.97 Å². The fraction of sp³-hybridized carbons (Fsp3) is 0.944. The first-order valence-corrected chi connectivity index (χ1v) is 8.82. The molecular weight excluding hydrogens is 262 g/mol. The summed E-state index contributed by atoms with van der Waals surface area (Å²) in [5.41, 5.74) is 0. The molecule has 21 heavy (non-hydrogen) atoms. The van der Waals surface area contributed by atoms with E-state index in [1.165, 1.54) is 64.9 Å². The number of nitrogens with zero attached hydrogens (tertiary/aromatic N) is 1. The van der Waals surface area contributed by atoms with Gasteiger partial charge in [0.1, 0.15) is 0 Å². The van der Waals surface area contributed by atoms with Crippen molar-refractivity contribution in [1.82, 2.24) is 0 Å². The zero-order chi connectivity index (χ0) is 16.1. The van der Waals surface area contributed by atoms with Crippen molar-refractivity contribution in [3.8, 4) is 0 Å². The van der Waals surface area contributed by atoms with Gasteiger partial charge in [-0.05, 0) is 6.42 Å². The van der Waals surface area contributed by atoms with Crippen molar-refractivity contribution in [1.29, 1.82) is 0 Å². The van der Waals surface area contributed by atoms with Gasteiger partial charge in [0, 0.05) is 6.42 Å². The maximum atomic E-state index is 11.8. The molecule has 0 unspecified atom stereocenters. The zero-order valence-electron chi connectivity index (χ0n) is 15.1. The minimum atomic E-state index is -0.0709. The Hall–Kier alpha value is -0.570. The van der Waals surface area contributed by atoms with Gasteiger partial charge in [-0.2, -0.15) is 0 Å². The summed E-state index contributed by atoms with van der Waals surface area (Å²) < 4.78 is 5.58. The first-order chi connectivity index (χ1) is 9.93. The molecule has 126 valence electrons. The van der Waals surface area contributed by atoms with Gasteiger partial charge in [0.25, 0.3) is 0 Å². The van der Waals surface area contributed by atoms with E-state index in [2.05, 4.69) is 28.1 Å². The standard InChI is InChI=1S/C18H38NO2/c1-6-7-8-9-10-11-12-13-14-15-16-17(18(20)21-5)19(2,3)4/h17H,6-16H2,1-5H3/q+1/t17-/m0/s1. The molecular formula is C18H38NO2+. The Balaban J connectivity index is 3.61. The van der Waals surface area contributed by atoms with Crippen LogP contribution in [0.3, 0.4) is 0 Å². The van der Waals surface area contributed by atoms with Crippen LogP contribution in [0.2, 0.25) is 0 Å². The molecule has 0 radical (unpaired) electrons. The van der Waals surface area contributed by atoms with Crippen LogP contribution in [-0.2, 0) is 9.53 Å². The molecule has 0 aliphatic carbocycles. The highest BCUT2D eigenvalue weighted by Gasteiger charge is 2.31. The van der Waals surface area contributed by atoms with Crippen LogP contribution in [0.1, 0.15) is 77.6 Å². The Morgan fingerprint density at radius 3 is 1.67 bits per heavy atom. The number of carbonyl (C=O) groups excluding carboxylic acids is 1. The van der Waals surface area contributed by atoms with Crippen molar-refractivity contribution in [2.45, 2.75) is 83.6 Å². The highest BCUT2D eigenvalue weighted by Crippen LogP contribution is 2.16. The lowest BCUT2D eigenvalue weighted by atomic mass is 10.0. The number of esters is 1. The molecule has 0 heterocycles. The fourth-order valence-corrected chi connectivity index (χ4v) is 2.78. The number of hydrogen-bond donors (Lipinski definition) is 0. The molecule has 3 nitrogen and oxygen atoms in total. The van der Waals surface area contributed by atoms with E-state index < -0.39 is 0 Å². The molecule has 0 fully saturated rings. The number of quaternary nitrogens is 1. The van der Waals surface area contributed by atoms with Gasteiger partial charge in [0.2, 0.25) is 0 Å². The second kappa shape index (κ2) is 12.0. The molecule has 0 aromatic rings. The van der Waals surface area contributed by atoms with Crippen LogP contribution in [-0.4, -0.2) is 44.7 Å². The highest BCUT2D eigenvalue weighted by molar-refractivity contribution is 5.74. The predicted molar refractivity (Wildman–Crippen MR) is 90.3 cm³/mol. The average molecular weight is 301 g/mol. The Morgan fingerprint density at radius 2 is 1.29 bits per heavy atom. The zero-order valence-corrected chi connectivity index (χ0v) is 15.1. The van der Waals surface area contributed by atoms with Crippen LogP contribution in [0, 0.1) is 0 Å². The summed E-state index contributed by atoms with van der Waals surface area (Å²) in [6.07, 6.45) is 14.2. The van der Waals surface area contributed by atoms with Crippen LogP contribution in [0.25, 0.3) is 0 Å². The lowest BCUT2D eigenvalue weighted by molar-refractivity contribution is -0.887. The van der Waals surface area contributed by atoms with E-state index in [0.717, 1.165) is 12.8 Å². The summed E-state index contributed by atoms with van der Waals surface area (Å²) in [5.74, 6) is -0.0709. The highest BCUT2D eigenvalue weighted by atomic mass is 16.5. The molecule has 0 aromatic heterocycles. The third kappa shape index (κ3) is 10.8. The van der Waals surface area contributed by atoms with Crippen LogP contribution in [0.15, 0.2) is 0 Å². The SMILES string of the molecule is CCCCCCCCCCCC[C@@H](C(=O)OC)[N+](C)(C)C. The molecule has 0 saturated heterocycles. The second-order valence-electron chi connectivity index (χ2n) is 7.13. The number of methoxy groups -OCH3 is 1. The molecule has 1 atom stereocenters. The van der Waals surface area contributed by atoms with Crippen molar-refractivity contribution in [2.24, 2.45) is 0 Å². The Kier molecular flexibility index (Phi) is 11.7. The molecule has 0 spiro atoms. The minimum Gasteiger partial charge on any atom is -0.465 e. The van der Waals surface area contributed by atoms with Crippen molar-refractivity contribution in [2.75, 3.05) is 28.3 Å². The maximum absolute atomic E-state index is 11.8. The smallest absolute Gasteiger partial charge is 0.364 e. The van der Waals surface area contributed by atoms with Crippen LogP contribution < -0.4 is 0 Å². The fourth-order valence-electron chi connectivity index (χ4n) is 2.78. The van der Waals surface area contributed by atoms with Crippen LogP contribution in [0.4, 0.5) is 0 Å². The average Bonchev–Trinajstić information content (AvgIpc) is 2.42. The van der Waals surface area contributed by atoms with Crippen molar-refractivity contribution >= 4 is 5.97 Å². The third-order valence-electron chi connectivity index (χ3n) is 4.24. The van der Waals surface area contributed by atoms with Gasteiger partial charge in [0.15, 0.2) is 6.04 Å². The first-order valence-electron chi connectivity index (χ1n) is 8.82. The van der Waals surface area contributed by atoms with Crippen molar-refractivity contribution < 1.29 is 14.0 Å². The van der Waals surface area contributed by atoms with Gasteiger partial charge in [-0.3, -0.25) is 0 Å². The largest absolute Gasteiger partial charge is 0.465 e. The topological polar surface area (TPSA) is 26.3 Å². The van der Waals surface area contributed by atoms with E-state index >= 15 is 0 Å². The third-order valence-corrected chi connectivity index (χ3v) is 4.24. The number of carbonyl (C=O) groups is 1. The van der Waals surface area contributed by atoms with Crippen molar-refractivity contribution in [3.63, 3.8) is 0 Å². The number of unbranched alkanes of at least 4 members (excludes halogenated alkanes) is 9. The van der Waals surface area contributed by atoms with Crippen LogP contribution >= 0.6 is 0 Å². The van der Waals surface area contributed by atoms with Gasteiger partial charge in [-0.15, -0.1) is 0 Å². The van der Waals surface area contributed by atoms with Gasteiger partial charge in [-0.25, -0.2) is 4.79 Å². The Morgan fingerprint density at radius 1 is 0.857 bits per heavy atom. The van der Waals surface area contributed by atoms with Crippen molar-refractivity contribution in [3.05, 3.63) is 0 Å². The summed E-state index contributed by atoms with van der Waals surface area (Å²) in [7, 11) is 7.69. The normalized spacial score (nSPS) is 13.2. The van der Waals surface area contributed by atoms with Gasteiger partial charge < -0.3 is 9.22 Å². The molecule has 0 saturated carbocycles. The molecule has 3 heteroatoms. The van der Waals surface area contributed by atoms with E-state index in [1.54, 1.807) is 0 Å². The van der Waals surface area contributed by atoms with Crippen LogP contribution in [0.5, 0.6) is 0 Å². The quantitative estimate of drug-likeness (QED) is 0.283. The second-order valence-corrected chi connectivity index (χ2v) is 7.13. The predicted octanol–water partition coefficient (Wildman–Crippen LogP) is 4.55. The van der Waals surface area contributed by atoms with E-state index in [9.17, 15) is 4.79 Å². The van der Waals surface area contributed by atoms with E-state index in [0.29, 0.717) is 4.48 Å². The summed E-state index contributed by atoms with van der Waals surface area (Å²) in [6.45, 7) is 2.26. The van der Waals surface area contributed by atoms with Gasteiger partial charge in [0.05, 0.1) is 28.3 Å². The first kappa shape index (κ1) is 20.4. The number of ether oxygens (including phenoxy) is 1. The lowest BCUT2D eigenvalue weighted by Gasteiger charge is -2.32. The van der Waals surface area contributed by atoms with E-state index in [-0.39, 0.29) is 12.0 Å². The monoisotopic (exact) mass is 300 g/mol. The summed E-state index contributed by atoms with van der Waals surface area (Å²) >= 11 is 0. The minimum absolute atomic E-state index is 0.0240. The lowest BCUT2D eigenvalue weighted by Crippen LogP contribution is -2.50. The van der Waals surface area contributed by atoms with E-state index in [1.807, 2.05) is 0 Å². The molecule has 0 rings (SSSR count). The summed E-state index contributed by atoms with van der Waals surface area (Å²) in [4.78, 5) is 11.8. The number of rotatable bonds is 13. The summed E-state index contributed by atoms with van der Waals surface area (Å²) in [6, 6.07) is -0.0240. The van der Waals surface area contributed by atoms with Gasteiger partial charge in [-0.1, -0.05) is 64.7 Å². The number of hydrogen-bond acceptors (Lipinski definition) is 2. The number of likely N-dealkylation sites (N-methyl/N-ethyl adjacent to an activating group) is 1. The van der Waals surface area contributed by atoms with E-state index in [4.69, 9.17) is 4.74 Å². The molecule has 0 bridgehead atoms. The summed E-state index contributed by atoms with van der Waals surface area (Å²) in [5, 5.41) is 0. The Bertz CT molecular complexity index is 258.